The van der Waals surface area contributed by atoms with Gasteiger partial charge in [-0.15, -0.1) is 0 Å². The third kappa shape index (κ3) is 7.50. The van der Waals surface area contributed by atoms with E-state index in [2.05, 4.69) is 32.4 Å². The van der Waals surface area contributed by atoms with E-state index in [1.165, 1.54) is 6.66 Å². The number of hydrogen-bond acceptors (Lipinski definition) is 4. The summed E-state index contributed by atoms with van der Waals surface area (Å²) in [5.41, 5.74) is 0. The van der Waals surface area contributed by atoms with Crippen molar-refractivity contribution < 1.29 is 18.6 Å². The molecule has 0 amide bonds. The molecule has 0 bridgehead atoms. The molecule has 0 aromatic carbocycles. The largest absolute Gasteiger partial charge is 0.345 e. The number of hydrogen-bond donors (Lipinski definition) is 2. The molecule has 0 saturated heterocycles. The molecule has 0 aliphatic heterocycles. The molecular weight excluding hydrogens is 226 g/mol. The Bertz CT molecular complexity index is 211. The van der Waals surface area contributed by atoms with Gasteiger partial charge < -0.3 is 14.3 Å². The zero-order valence-corrected chi connectivity index (χ0v) is 9.55. The average Bonchev–Trinajstić information content (AvgIpc) is 1.55. The van der Waals surface area contributed by atoms with Crippen molar-refractivity contribution in [2.75, 3.05) is 13.3 Å². The zero-order chi connectivity index (χ0) is 9.12. The van der Waals surface area contributed by atoms with E-state index in [0.717, 1.165) is 0 Å². The molecule has 2 unspecified atom stereocenters. The predicted octanol–water partition coefficient (Wildman–Crippen LogP) is 1.19. The van der Waals surface area contributed by atoms with E-state index < -0.39 is 13.2 Å². The van der Waals surface area contributed by atoms with Crippen LogP contribution in [0.5, 0.6) is 0 Å². The molecule has 2 atom stereocenters. The average molecular weight is 236 g/mol. The van der Waals surface area contributed by atoms with Crippen LogP contribution < -0.4 is 0 Å². The Balaban J connectivity index is 4.14. The molecule has 0 aliphatic rings. The highest BCUT2D eigenvalue weighted by atomic mass is 32.5. The lowest BCUT2D eigenvalue weighted by Crippen LogP contribution is -1.91. The van der Waals surface area contributed by atoms with E-state index in [1.54, 1.807) is 6.92 Å². The van der Waals surface area contributed by atoms with Gasteiger partial charge in [-0.25, -0.2) is 0 Å². The van der Waals surface area contributed by atoms with Crippen molar-refractivity contribution in [1.29, 1.82) is 0 Å². The summed E-state index contributed by atoms with van der Waals surface area (Å²) in [5.74, 6) is 0. The molecule has 0 aliphatic carbocycles. The first-order chi connectivity index (χ1) is 4.77. The van der Waals surface area contributed by atoms with E-state index in [4.69, 9.17) is 9.79 Å². The van der Waals surface area contributed by atoms with Crippen LogP contribution in [-0.2, 0) is 32.4 Å². The lowest BCUT2D eigenvalue weighted by atomic mass is 10.9. The summed E-state index contributed by atoms with van der Waals surface area (Å²) >= 11 is 9.03. The Hall–Kier alpha value is 1.14. The van der Waals surface area contributed by atoms with E-state index in [0.29, 0.717) is 0 Å². The van der Waals surface area contributed by atoms with E-state index in [-0.39, 0.29) is 6.61 Å². The first kappa shape index (κ1) is 12.1. The van der Waals surface area contributed by atoms with Crippen LogP contribution in [-0.4, -0.2) is 23.1 Å². The smallest absolute Gasteiger partial charge is 0.330 e. The summed E-state index contributed by atoms with van der Waals surface area (Å²) in [4.78, 5) is 18.1. The molecule has 0 saturated carbocycles. The summed E-state index contributed by atoms with van der Waals surface area (Å²) in [7, 11) is 0. The molecule has 0 fully saturated rings. The van der Waals surface area contributed by atoms with Gasteiger partial charge in [-0.05, 0) is 30.5 Å². The van der Waals surface area contributed by atoms with E-state index in [1.807, 2.05) is 0 Å². The van der Waals surface area contributed by atoms with Crippen LogP contribution in [0.15, 0.2) is 0 Å². The molecule has 0 spiro atoms. The van der Waals surface area contributed by atoms with Gasteiger partial charge in [-0.2, -0.15) is 0 Å². The summed E-state index contributed by atoms with van der Waals surface area (Å²) in [6.07, 6.45) is 0. The number of rotatable bonds is 4. The molecule has 8 heteroatoms. The summed E-state index contributed by atoms with van der Waals surface area (Å²) in [5, 5.41) is 0. The Morgan fingerprint density at radius 3 is 2.09 bits per heavy atom. The quantitative estimate of drug-likeness (QED) is 0.715. The summed E-state index contributed by atoms with van der Waals surface area (Å²) in [6, 6.07) is 0. The van der Waals surface area contributed by atoms with Crippen LogP contribution in [0.25, 0.3) is 0 Å². The highest BCUT2D eigenvalue weighted by Gasteiger charge is 2.20. The maximum atomic E-state index is 9.13. The SMILES string of the molecule is CCOP(O)(=S)OP(C)(O)=S. The van der Waals surface area contributed by atoms with E-state index in [9.17, 15) is 0 Å². The fourth-order valence-corrected chi connectivity index (χ4v) is 5.10. The van der Waals surface area contributed by atoms with Crippen molar-refractivity contribution in [3.8, 4) is 0 Å². The standard InChI is InChI=1S/C3H10O4P2S2/c1-3-6-9(5,11)7-8(2,4)10/h3H2,1-2H3,(H,4,10)(H,5,11). The zero-order valence-electron chi connectivity index (χ0n) is 6.13. The van der Waals surface area contributed by atoms with Gasteiger partial charge in [0.05, 0.1) is 6.61 Å². The van der Waals surface area contributed by atoms with Crippen LogP contribution in [0.4, 0.5) is 0 Å². The predicted molar refractivity (Wildman–Crippen MR) is 51.6 cm³/mol. The van der Waals surface area contributed by atoms with Crippen molar-refractivity contribution in [3.63, 3.8) is 0 Å². The first-order valence-electron chi connectivity index (χ1n) is 2.76. The van der Waals surface area contributed by atoms with E-state index >= 15 is 0 Å². The van der Waals surface area contributed by atoms with Crippen LogP contribution in [0.2, 0.25) is 0 Å². The maximum absolute atomic E-state index is 9.13. The first-order valence-corrected chi connectivity index (χ1v) is 8.47. The van der Waals surface area contributed by atoms with Crippen molar-refractivity contribution in [2.24, 2.45) is 0 Å². The van der Waals surface area contributed by atoms with Gasteiger partial charge in [0.1, 0.15) is 0 Å². The molecule has 2 N–H and O–H groups in total. The minimum atomic E-state index is -3.29. The third-order valence-electron chi connectivity index (χ3n) is 0.547. The van der Waals surface area contributed by atoms with Gasteiger partial charge >= 0.3 is 6.72 Å². The molecule has 0 heterocycles. The highest BCUT2D eigenvalue weighted by Crippen LogP contribution is 2.58. The van der Waals surface area contributed by atoms with Gasteiger partial charge in [0.25, 0.3) is 0 Å². The molecule has 0 radical (unpaired) electrons. The molecule has 68 valence electrons. The van der Waals surface area contributed by atoms with Crippen molar-refractivity contribution >= 4 is 36.8 Å². The van der Waals surface area contributed by atoms with Gasteiger partial charge in [0.2, 0.25) is 0 Å². The Morgan fingerprint density at radius 2 is 1.82 bits per heavy atom. The van der Waals surface area contributed by atoms with Crippen molar-refractivity contribution in [1.82, 2.24) is 0 Å². The molecule has 11 heavy (non-hydrogen) atoms. The second-order valence-electron chi connectivity index (χ2n) is 1.77. The van der Waals surface area contributed by atoms with Gasteiger partial charge in [-0.1, -0.05) is 0 Å². The van der Waals surface area contributed by atoms with Gasteiger partial charge in [-0.3, -0.25) is 4.31 Å². The van der Waals surface area contributed by atoms with Crippen LogP contribution in [0.3, 0.4) is 0 Å². The second kappa shape index (κ2) is 4.40. The van der Waals surface area contributed by atoms with Crippen LogP contribution in [0, 0.1) is 0 Å². The molecular formula is C3H10O4P2S2. The van der Waals surface area contributed by atoms with Crippen molar-refractivity contribution in [2.45, 2.75) is 6.92 Å². The topological polar surface area (TPSA) is 58.9 Å². The normalized spacial score (nSPS) is 22.2. The molecule has 0 aromatic rings. The highest BCUT2D eigenvalue weighted by molar-refractivity contribution is 8.15. The van der Waals surface area contributed by atoms with Gasteiger partial charge in [0, 0.05) is 6.66 Å². The molecule has 4 nitrogen and oxygen atoms in total. The lowest BCUT2D eigenvalue weighted by Gasteiger charge is -2.17. The molecule has 0 aromatic heterocycles. The second-order valence-corrected chi connectivity index (χ2v) is 8.64. The van der Waals surface area contributed by atoms with Gasteiger partial charge in [0.15, 0.2) is 6.49 Å². The minimum absolute atomic E-state index is 0.239. The summed E-state index contributed by atoms with van der Waals surface area (Å²) in [6.45, 7) is -2.99. The molecule has 0 rings (SSSR count). The third-order valence-corrected chi connectivity index (χ3v) is 4.69. The monoisotopic (exact) mass is 236 g/mol. The Kier molecular flexibility index (Phi) is 4.85. The van der Waals surface area contributed by atoms with Crippen molar-refractivity contribution in [3.05, 3.63) is 0 Å². The maximum Gasteiger partial charge on any atom is 0.330 e. The fraction of sp³-hybridized carbons (Fsp3) is 1.00. The van der Waals surface area contributed by atoms with Crippen LogP contribution >= 0.6 is 13.2 Å². The summed E-state index contributed by atoms with van der Waals surface area (Å²) < 4.78 is 9.27. The van der Waals surface area contributed by atoms with Crippen LogP contribution in [0.1, 0.15) is 6.92 Å². The fourth-order valence-electron chi connectivity index (χ4n) is 0.378. The Morgan fingerprint density at radius 1 is 1.36 bits per heavy atom. The lowest BCUT2D eigenvalue weighted by molar-refractivity contribution is 0.271. The Labute approximate surface area is 76.0 Å². The minimum Gasteiger partial charge on any atom is -0.345 e.